The van der Waals surface area contributed by atoms with E-state index in [4.69, 9.17) is 47.4 Å². The number of nitrogens with one attached hydrogen (secondary N) is 6. The number of fused-ring (bicyclic) bond motifs is 4. The molecule has 23 nitrogen and oxygen atoms in total. The van der Waals surface area contributed by atoms with Crippen LogP contribution in [0.1, 0.15) is 0 Å². The Kier molecular flexibility index (Phi) is 19.7. The summed E-state index contributed by atoms with van der Waals surface area (Å²) in [5.41, 5.74) is 15.4. The van der Waals surface area contributed by atoms with Crippen LogP contribution in [-0.2, 0) is 0 Å². The topological polar surface area (TPSA) is 247 Å². The van der Waals surface area contributed by atoms with Crippen LogP contribution in [0.15, 0.2) is 171 Å². The number of ether oxygens (including phenoxy) is 10. The van der Waals surface area contributed by atoms with Crippen LogP contribution in [0.25, 0.3) is 77.8 Å². The lowest BCUT2D eigenvalue weighted by Crippen LogP contribution is -2.44. The summed E-state index contributed by atoms with van der Waals surface area (Å²) in [4.78, 5) is 37.1. The number of aromatic amines is 3. The minimum absolute atomic E-state index is 0.555. The quantitative estimate of drug-likeness (QED) is 0.0415. The van der Waals surface area contributed by atoms with Crippen LogP contribution in [0.3, 0.4) is 0 Å². The molecule has 0 aliphatic carbocycles. The van der Waals surface area contributed by atoms with E-state index in [1.807, 2.05) is 109 Å². The van der Waals surface area contributed by atoms with Crippen molar-refractivity contribution in [2.45, 2.75) is 0 Å². The van der Waals surface area contributed by atoms with Gasteiger partial charge in [0, 0.05) is 112 Å². The van der Waals surface area contributed by atoms with Crippen LogP contribution >= 0.6 is 0 Å². The molecule has 1 aliphatic heterocycles. The number of rotatable bonds is 20. The Labute approximate surface area is 560 Å². The predicted octanol–water partition coefficient (Wildman–Crippen LogP) is 14.7. The lowest BCUT2D eigenvalue weighted by atomic mass is 10.1. The summed E-state index contributed by atoms with van der Waals surface area (Å²) in [6.07, 6.45) is 10.7. The highest BCUT2D eigenvalue weighted by molar-refractivity contribution is 5.98. The summed E-state index contributed by atoms with van der Waals surface area (Å²) < 4.78 is 55.0. The molecule has 1 aliphatic rings. The van der Waals surface area contributed by atoms with E-state index in [0.717, 1.165) is 150 Å². The molecular weight excluding hydrogens is 1230 g/mol. The Hall–Kier alpha value is -12.1. The van der Waals surface area contributed by atoms with E-state index >= 15 is 0 Å². The average molecular weight is 1310 g/mol. The van der Waals surface area contributed by atoms with Crippen LogP contribution in [0.2, 0.25) is 0 Å². The van der Waals surface area contributed by atoms with Crippen LogP contribution in [0.4, 0.5) is 39.8 Å². The number of benzene rings is 5. The highest BCUT2D eigenvalue weighted by Crippen LogP contribution is 2.46. The first kappa shape index (κ1) is 65.0. The third-order valence-electron chi connectivity index (χ3n) is 16.6. The molecule has 496 valence electrons. The van der Waals surface area contributed by atoms with E-state index in [9.17, 15) is 0 Å². The number of piperazine rings is 1. The molecule has 0 amide bonds. The summed E-state index contributed by atoms with van der Waals surface area (Å²) in [7, 11) is 18.3. The Bertz CT molecular complexity index is 4820. The van der Waals surface area contributed by atoms with Crippen molar-refractivity contribution in [2.24, 2.45) is 0 Å². The van der Waals surface area contributed by atoms with Gasteiger partial charge in [-0.05, 0) is 122 Å². The van der Waals surface area contributed by atoms with Crippen molar-refractivity contribution < 1.29 is 47.4 Å². The number of anilines is 7. The minimum Gasteiger partial charge on any atom is -0.495 e. The van der Waals surface area contributed by atoms with E-state index in [0.29, 0.717) is 51.7 Å². The Morgan fingerprint density at radius 1 is 0.361 bits per heavy atom. The number of pyridine rings is 5. The summed E-state index contributed by atoms with van der Waals surface area (Å²) >= 11 is 0. The van der Waals surface area contributed by atoms with Gasteiger partial charge in [-0.15, -0.1) is 0 Å². The molecule has 23 heteroatoms. The van der Waals surface area contributed by atoms with Crippen molar-refractivity contribution in [3.8, 4) is 91.3 Å². The van der Waals surface area contributed by atoms with Crippen LogP contribution < -0.4 is 68.2 Å². The van der Waals surface area contributed by atoms with Crippen molar-refractivity contribution in [3.63, 3.8) is 0 Å². The van der Waals surface area contributed by atoms with Crippen LogP contribution in [-0.4, -0.2) is 149 Å². The first-order valence-electron chi connectivity index (χ1n) is 31.0. The molecule has 0 unspecified atom stereocenters. The molecule has 13 aromatic rings. The molecule has 0 radical (unpaired) electrons. The molecule has 5 aromatic carbocycles. The number of aromatic nitrogens is 8. The predicted molar refractivity (Wildman–Crippen MR) is 382 cm³/mol. The van der Waals surface area contributed by atoms with Gasteiger partial charge in [-0.3, -0.25) is 9.97 Å². The summed E-state index contributed by atoms with van der Waals surface area (Å²) in [6, 6.07) is 43.7. The fourth-order valence-electron chi connectivity index (χ4n) is 11.7. The van der Waals surface area contributed by atoms with Crippen molar-refractivity contribution in [2.75, 3.05) is 125 Å². The number of H-pyrrole nitrogens is 3. The first-order chi connectivity index (χ1) is 47.5. The second kappa shape index (κ2) is 29.5. The zero-order chi connectivity index (χ0) is 67.5. The number of methoxy groups -OCH3 is 10. The van der Waals surface area contributed by atoms with Crippen LogP contribution in [0.5, 0.6) is 57.5 Å². The van der Waals surface area contributed by atoms with Gasteiger partial charge in [0.05, 0.1) is 123 Å². The third kappa shape index (κ3) is 13.9. The monoisotopic (exact) mass is 1310 g/mol. The number of hydrogen-bond donors (Lipinski definition) is 6. The zero-order valence-electron chi connectivity index (χ0n) is 55.7. The molecule has 14 rings (SSSR count). The van der Waals surface area contributed by atoms with Crippen molar-refractivity contribution >= 4 is 83.8 Å². The molecule has 97 heavy (non-hydrogen) atoms. The highest BCUT2D eigenvalue weighted by Gasteiger charge is 2.22. The number of nitrogens with zero attached hydrogens (tertiary/aromatic N) is 7. The Balaban J connectivity index is 0.000000140. The van der Waals surface area contributed by atoms with Gasteiger partial charge in [0.25, 0.3) is 0 Å². The fraction of sp³-hybridized carbons (Fsp3) is 0.203. The largest absolute Gasteiger partial charge is 0.495 e. The van der Waals surface area contributed by atoms with Gasteiger partial charge < -0.3 is 88.1 Å². The van der Waals surface area contributed by atoms with E-state index in [2.05, 4.69) is 103 Å². The fourth-order valence-corrected chi connectivity index (χ4v) is 11.7. The van der Waals surface area contributed by atoms with Gasteiger partial charge in [0.2, 0.25) is 17.2 Å². The zero-order valence-corrected chi connectivity index (χ0v) is 55.7. The van der Waals surface area contributed by atoms with Gasteiger partial charge in [-0.1, -0.05) is 18.2 Å². The average Bonchev–Trinajstić information content (AvgIpc) is 1.69. The second-order valence-electron chi connectivity index (χ2n) is 22.4. The first-order valence-corrected chi connectivity index (χ1v) is 31.0. The van der Waals surface area contributed by atoms with E-state index in [1.165, 1.54) is 0 Å². The third-order valence-corrected chi connectivity index (χ3v) is 16.6. The number of para-hydroxylation sites is 1. The molecule has 6 N–H and O–H groups in total. The second-order valence-corrected chi connectivity index (χ2v) is 22.4. The summed E-state index contributed by atoms with van der Waals surface area (Å²) in [5.74, 6) is 6.11. The summed E-state index contributed by atoms with van der Waals surface area (Å²) in [6.45, 7) is 3.98. The maximum Gasteiger partial charge on any atom is 0.203 e. The molecule has 8 aromatic heterocycles. The van der Waals surface area contributed by atoms with Crippen LogP contribution in [0, 0.1) is 0 Å². The normalized spacial score (nSPS) is 12.1. The number of likely N-dealkylation sites (N-methyl/N-ethyl adjacent to an activating group) is 1. The van der Waals surface area contributed by atoms with Gasteiger partial charge in [0.1, 0.15) is 22.7 Å². The molecule has 0 bridgehead atoms. The minimum atomic E-state index is 0.555. The van der Waals surface area contributed by atoms with Gasteiger partial charge in [-0.2, -0.15) is 0 Å². The van der Waals surface area contributed by atoms with E-state index < -0.39 is 0 Å². The highest BCUT2D eigenvalue weighted by atomic mass is 16.5. The maximum absolute atomic E-state index is 5.68. The Morgan fingerprint density at radius 2 is 0.784 bits per heavy atom. The molecule has 0 atom stereocenters. The van der Waals surface area contributed by atoms with E-state index in [-0.39, 0.29) is 0 Å². The standard InChI is InChI=1S/C28H33N5O4.C25H22N4O3.C21H20N4O3/c1-32-10-12-33(13-11-32)23-16-19(6-7-24(23)34-2)30-21-8-9-29-28-20(21)17-22(31-28)18-14-25(35-3)27(37-5)26(15-18)36-4;1-30-22-11-16(12-23(31-2)24(22)32-3)21-13-18-20(8-9-26-25(18)29-21)28-17-10-15-6-4-5-7-19(15)27-14-17;1-26-18-9-13(10-19(27-2)20(18)28-3)17-11-15-16(6-8-23-21(15)25-17)24-14-5-4-7-22-12-14/h6-9,14-17H,10-13H2,1-5H3,(H2,29,30,31);4-14H,1-3H3,(H2,26,28,29);4-12H,1-3H3,(H2,23,24,25). The van der Waals surface area contributed by atoms with Gasteiger partial charge in [0.15, 0.2) is 34.5 Å². The Morgan fingerprint density at radius 3 is 1.20 bits per heavy atom. The molecule has 0 spiro atoms. The van der Waals surface area contributed by atoms with E-state index in [1.54, 1.807) is 102 Å². The van der Waals surface area contributed by atoms with Crippen molar-refractivity contribution in [1.29, 1.82) is 0 Å². The lowest BCUT2D eigenvalue weighted by Gasteiger charge is -2.35. The van der Waals surface area contributed by atoms with Crippen molar-refractivity contribution in [1.82, 2.24) is 44.8 Å². The SMILES string of the molecule is COc1cc(-c2cc3c(Nc4cccnc4)ccnc3[nH]2)cc(OC)c1OC.COc1cc(-c2cc3c(Nc4cnc5ccccc5c4)ccnc3[nH]2)cc(OC)c1OC.COc1ccc(Nc2ccnc3[nH]c(-c4cc(OC)c(OC)c(OC)c4)cc23)cc1N1CCN(C)CC1. The van der Waals surface area contributed by atoms with Gasteiger partial charge >= 0.3 is 0 Å². The lowest BCUT2D eigenvalue weighted by molar-refractivity contribution is 0.311. The molecule has 0 saturated carbocycles. The summed E-state index contributed by atoms with van der Waals surface area (Å²) in [5, 5.41) is 14.4. The molecule has 1 saturated heterocycles. The number of hydrogen-bond acceptors (Lipinski definition) is 20. The van der Waals surface area contributed by atoms with Crippen molar-refractivity contribution in [3.05, 3.63) is 171 Å². The molecule has 1 fully saturated rings. The smallest absolute Gasteiger partial charge is 0.203 e. The van der Waals surface area contributed by atoms with Gasteiger partial charge in [-0.25, -0.2) is 15.0 Å². The maximum atomic E-state index is 5.68. The molecule has 9 heterocycles. The molecular formula is C74H75N13O10.